The normalized spacial score (nSPS) is 12.5. The van der Waals surface area contributed by atoms with E-state index in [1.807, 2.05) is 0 Å². The molecule has 0 aliphatic heterocycles. The summed E-state index contributed by atoms with van der Waals surface area (Å²) in [4.78, 5) is 30.4. The molecule has 174 valence electrons. The van der Waals surface area contributed by atoms with Gasteiger partial charge in [0.2, 0.25) is 5.28 Å². The Labute approximate surface area is 198 Å². The molecule has 1 aromatic carbocycles. The first-order valence-electron chi connectivity index (χ1n) is 9.47. The molecule has 2 N–H and O–H groups in total. The number of nitro benzene ring substituents is 1. The van der Waals surface area contributed by atoms with Gasteiger partial charge in [-0.25, -0.2) is 14.0 Å². The van der Waals surface area contributed by atoms with E-state index in [9.17, 15) is 19.1 Å². The number of hydrogen-bond donors (Lipinski definition) is 2. The second kappa shape index (κ2) is 11.9. The van der Waals surface area contributed by atoms with Crippen LogP contribution in [0.5, 0.6) is 0 Å². The first-order chi connectivity index (χ1) is 15.1. The van der Waals surface area contributed by atoms with Crippen LogP contribution in [-0.4, -0.2) is 51.1 Å². The molecule has 0 spiro atoms. The molecule has 0 saturated carbocycles. The first-order valence-corrected chi connectivity index (χ1v) is 12.6. The third kappa shape index (κ3) is 7.57. The van der Waals surface area contributed by atoms with E-state index in [-0.39, 0.29) is 28.2 Å². The molecule has 1 heterocycles. The van der Waals surface area contributed by atoms with Crippen molar-refractivity contribution in [2.24, 2.45) is 4.36 Å². The third-order valence-corrected chi connectivity index (χ3v) is 6.46. The van der Waals surface area contributed by atoms with Gasteiger partial charge in [0, 0.05) is 37.7 Å². The maximum Gasteiger partial charge on any atom is 0.442 e. The molecule has 0 saturated heterocycles. The summed E-state index contributed by atoms with van der Waals surface area (Å²) in [6.07, 6.45) is 3.30. The second-order valence-corrected chi connectivity index (χ2v) is 9.85. The number of unbranched alkanes of at least 4 members (excludes halogenated alkanes) is 1. The van der Waals surface area contributed by atoms with Crippen LogP contribution in [0, 0.1) is 10.1 Å². The van der Waals surface area contributed by atoms with Gasteiger partial charge in [-0.15, -0.1) is 4.36 Å². The van der Waals surface area contributed by atoms with Gasteiger partial charge in [-0.05, 0) is 53.4 Å². The van der Waals surface area contributed by atoms with Crippen molar-refractivity contribution in [3.8, 4) is 0 Å². The van der Waals surface area contributed by atoms with Crippen molar-refractivity contribution in [3.05, 3.63) is 44.3 Å². The van der Waals surface area contributed by atoms with Crippen LogP contribution in [0.2, 0.25) is 5.28 Å². The Kier molecular flexibility index (Phi) is 9.60. The Morgan fingerprint density at radius 1 is 1.34 bits per heavy atom. The maximum atomic E-state index is 13.0. The second-order valence-electron chi connectivity index (χ2n) is 6.43. The topological polar surface area (TPSA) is 149 Å². The van der Waals surface area contributed by atoms with Crippen molar-refractivity contribution >= 4 is 60.5 Å². The average Bonchev–Trinajstić information content (AvgIpc) is 2.72. The Morgan fingerprint density at radius 3 is 2.69 bits per heavy atom. The van der Waals surface area contributed by atoms with Crippen LogP contribution in [0.3, 0.4) is 0 Å². The van der Waals surface area contributed by atoms with Gasteiger partial charge < -0.3 is 15.4 Å². The number of non-ortho nitro benzene ring substituents is 1. The summed E-state index contributed by atoms with van der Waals surface area (Å²) >= 11 is 9.11. The highest BCUT2D eigenvalue weighted by molar-refractivity contribution is 9.10. The lowest BCUT2D eigenvalue weighted by Gasteiger charge is -2.13. The van der Waals surface area contributed by atoms with Gasteiger partial charge in [0.25, 0.3) is 5.69 Å². The van der Waals surface area contributed by atoms with Gasteiger partial charge in [-0.3, -0.25) is 10.1 Å². The lowest BCUT2D eigenvalue weighted by molar-refractivity contribution is -0.384. The molecule has 0 aliphatic rings. The third-order valence-electron chi connectivity index (χ3n) is 4.02. The molecular weight excluding hydrogens is 528 g/mol. The zero-order valence-electron chi connectivity index (χ0n) is 17.3. The molecule has 1 aromatic heterocycles. The predicted molar refractivity (Wildman–Crippen MR) is 126 cm³/mol. The number of amides is 1. The molecule has 32 heavy (non-hydrogen) atoms. The number of nitro groups is 1. The number of ether oxygens (including phenoxy) is 1. The fraction of sp³-hybridized carbons (Fsp3) is 0.389. The number of anilines is 2. The van der Waals surface area contributed by atoms with Gasteiger partial charge in [-0.2, -0.15) is 4.98 Å². The predicted octanol–water partition coefficient (Wildman–Crippen LogP) is 4.72. The van der Waals surface area contributed by atoms with E-state index in [0.29, 0.717) is 29.8 Å². The molecule has 2 aromatic rings. The van der Waals surface area contributed by atoms with E-state index >= 15 is 0 Å². The van der Waals surface area contributed by atoms with Gasteiger partial charge >= 0.3 is 6.09 Å². The molecule has 1 unspecified atom stereocenters. The van der Waals surface area contributed by atoms with Crippen molar-refractivity contribution < 1.29 is 18.7 Å². The Balaban J connectivity index is 2.05. The minimum absolute atomic E-state index is 0.0923. The number of carbonyl (C=O) groups is 1. The maximum absolute atomic E-state index is 13.0. The highest BCUT2D eigenvalue weighted by Crippen LogP contribution is 2.28. The van der Waals surface area contributed by atoms with E-state index < -0.39 is 20.7 Å². The number of nitrogens with zero attached hydrogens (tertiary/aromatic N) is 4. The van der Waals surface area contributed by atoms with E-state index in [4.69, 9.17) is 16.3 Å². The molecule has 1 atom stereocenters. The molecule has 14 heteroatoms. The molecule has 0 fully saturated rings. The van der Waals surface area contributed by atoms with E-state index in [1.54, 1.807) is 13.1 Å². The van der Waals surface area contributed by atoms with Crippen molar-refractivity contribution in [1.29, 1.82) is 0 Å². The molecule has 1 amide bonds. The van der Waals surface area contributed by atoms with Gasteiger partial charge in [0.1, 0.15) is 5.82 Å². The van der Waals surface area contributed by atoms with Crippen molar-refractivity contribution in [3.63, 3.8) is 0 Å². The number of carbonyl (C=O) groups excluding carboxylic acids is 1. The van der Waals surface area contributed by atoms with E-state index in [0.717, 1.165) is 6.42 Å². The summed E-state index contributed by atoms with van der Waals surface area (Å²) in [7, 11) is -3.18. The summed E-state index contributed by atoms with van der Waals surface area (Å²) in [5, 5.41) is 17.5. The monoisotopic (exact) mass is 548 g/mol. The smallest absolute Gasteiger partial charge is 0.442 e. The van der Waals surface area contributed by atoms with Gasteiger partial charge in [-0.1, -0.05) is 0 Å². The minimum Gasteiger partial charge on any atom is -0.448 e. The van der Waals surface area contributed by atoms with Crippen LogP contribution in [0.4, 0.5) is 22.0 Å². The standard InChI is InChI=1S/C18H22BrClN6O5S/c1-3-31-18(27)25-32(2,30)15-7-6-12(26(28)29)10-14(15)21-8-4-5-9-22-16-13(19)11-23-17(20)24-16/h6-7,10-11,21H,3-5,8-9H2,1-2H3,(H,22,23,24). The SMILES string of the molecule is CCOC(=O)N=S(C)(=O)c1ccc([N+](=O)[O-])cc1NCCCCNc1nc(Cl)ncc1Br. The van der Waals surface area contributed by atoms with Crippen molar-refractivity contribution in [2.45, 2.75) is 24.7 Å². The van der Waals surface area contributed by atoms with Crippen LogP contribution in [-0.2, 0) is 14.5 Å². The Bertz CT molecular complexity index is 1110. The largest absolute Gasteiger partial charge is 0.448 e. The molecular formula is C18H22BrClN6O5S. The lowest BCUT2D eigenvalue weighted by Crippen LogP contribution is -2.11. The van der Waals surface area contributed by atoms with Crippen molar-refractivity contribution in [2.75, 3.05) is 36.6 Å². The number of hydrogen-bond acceptors (Lipinski definition) is 9. The van der Waals surface area contributed by atoms with Gasteiger partial charge in [0.05, 0.1) is 36.3 Å². The molecule has 0 radical (unpaired) electrons. The Morgan fingerprint density at radius 2 is 2.03 bits per heavy atom. The quantitative estimate of drug-likeness (QED) is 0.186. The summed E-state index contributed by atoms with van der Waals surface area (Å²) in [6.45, 7) is 2.74. The van der Waals surface area contributed by atoms with Crippen LogP contribution < -0.4 is 10.6 Å². The average molecular weight is 550 g/mol. The number of rotatable bonds is 10. The number of aromatic nitrogens is 2. The minimum atomic E-state index is -3.18. The zero-order valence-corrected chi connectivity index (χ0v) is 20.5. The fourth-order valence-corrected chi connectivity index (χ4v) is 4.35. The van der Waals surface area contributed by atoms with Crippen LogP contribution in [0.15, 0.2) is 38.1 Å². The summed E-state index contributed by atoms with van der Waals surface area (Å²) in [6, 6.07) is 3.83. The highest BCUT2D eigenvalue weighted by atomic mass is 79.9. The number of halogens is 2. The van der Waals surface area contributed by atoms with E-state index in [1.165, 1.54) is 24.5 Å². The summed E-state index contributed by atoms with van der Waals surface area (Å²) in [5.41, 5.74) is 0.104. The van der Waals surface area contributed by atoms with Crippen LogP contribution >= 0.6 is 27.5 Å². The summed E-state index contributed by atoms with van der Waals surface area (Å²) < 4.78 is 22.1. The fourth-order valence-electron chi connectivity index (χ4n) is 2.59. The van der Waals surface area contributed by atoms with E-state index in [2.05, 4.69) is 40.9 Å². The van der Waals surface area contributed by atoms with Crippen molar-refractivity contribution in [1.82, 2.24) is 9.97 Å². The molecule has 11 nitrogen and oxygen atoms in total. The molecule has 2 rings (SSSR count). The number of benzene rings is 1. The van der Waals surface area contributed by atoms with Gasteiger partial charge in [0.15, 0.2) is 0 Å². The molecule has 0 aliphatic carbocycles. The first kappa shape index (κ1) is 25.7. The zero-order chi connectivity index (χ0) is 23.7. The Hall–Kier alpha value is -2.51. The molecule has 0 bridgehead atoms. The summed E-state index contributed by atoms with van der Waals surface area (Å²) in [5.74, 6) is 0.574. The van der Waals surface area contributed by atoms with Crippen LogP contribution in [0.25, 0.3) is 0 Å². The highest BCUT2D eigenvalue weighted by Gasteiger charge is 2.18. The van der Waals surface area contributed by atoms with Crippen LogP contribution in [0.1, 0.15) is 19.8 Å². The number of nitrogens with one attached hydrogen (secondary N) is 2. The lowest BCUT2D eigenvalue weighted by atomic mass is 10.2.